The average molecular weight is 285 g/mol. The molecule has 3 aromatic carbocycles. The zero-order valence-electron chi connectivity index (χ0n) is 12.0. The van der Waals surface area contributed by atoms with Crippen LogP contribution in [0.2, 0.25) is 0 Å². The summed E-state index contributed by atoms with van der Waals surface area (Å²) in [6.45, 7) is 0. The number of carbonyl (C=O) groups excluding carboxylic acids is 1. The smallest absolute Gasteiger partial charge is 0.255 e. The summed E-state index contributed by atoms with van der Waals surface area (Å²) >= 11 is 0. The maximum absolute atomic E-state index is 12.6. The zero-order valence-corrected chi connectivity index (χ0v) is 12.0. The molecule has 4 rings (SSSR count). The fraction of sp³-hybridized carbons (Fsp3) is 0.0500. The van der Waals surface area contributed by atoms with Crippen LogP contribution in [0, 0.1) is 0 Å². The highest BCUT2D eigenvalue weighted by molar-refractivity contribution is 6.07. The molecule has 0 fully saturated rings. The molecule has 1 aliphatic carbocycles. The molecule has 0 aromatic heterocycles. The molecule has 22 heavy (non-hydrogen) atoms. The third-order valence-corrected chi connectivity index (χ3v) is 4.13. The second kappa shape index (κ2) is 5.15. The van der Waals surface area contributed by atoms with Crippen LogP contribution >= 0.6 is 0 Å². The molecule has 0 heterocycles. The maximum Gasteiger partial charge on any atom is 0.255 e. The summed E-state index contributed by atoms with van der Waals surface area (Å²) in [7, 11) is 0. The van der Waals surface area contributed by atoms with E-state index in [9.17, 15) is 4.79 Å². The molecule has 0 bridgehead atoms. The van der Waals surface area contributed by atoms with Crippen LogP contribution in [0.25, 0.3) is 11.1 Å². The number of anilines is 1. The Morgan fingerprint density at radius 3 is 2.36 bits per heavy atom. The van der Waals surface area contributed by atoms with E-state index in [0.717, 1.165) is 23.2 Å². The maximum atomic E-state index is 12.6. The standard InChI is InChI=1S/C20H15NO/c22-20(21-15-8-2-1-3-9-15)18-12-6-11-17-16-10-5-4-7-14(16)13-19(17)18/h1-12H,13H2,(H,21,22). The van der Waals surface area contributed by atoms with Gasteiger partial charge in [0.15, 0.2) is 0 Å². The summed E-state index contributed by atoms with van der Waals surface area (Å²) in [5, 5.41) is 2.98. The number of rotatable bonds is 2. The van der Waals surface area contributed by atoms with Gasteiger partial charge in [0.05, 0.1) is 0 Å². The number of nitrogens with one attached hydrogen (secondary N) is 1. The van der Waals surface area contributed by atoms with Gasteiger partial charge in [-0.15, -0.1) is 0 Å². The molecule has 1 amide bonds. The number of hydrogen-bond acceptors (Lipinski definition) is 1. The van der Waals surface area contributed by atoms with Crippen LogP contribution in [0.1, 0.15) is 21.5 Å². The van der Waals surface area contributed by atoms with Crippen molar-refractivity contribution in [2.75, 3.05) is 5.32 Å². The van der Waals surface area contributed by atoms with Crippen molar-refractivity contribution in [3.8, 4) is 11.1 Å². The molecule has 0 aliphatic heterocycles. The molecule has 0 unspecified atom stereocenters. The minimum Gasteiger partial charge on any atom is -0.322 e. The summed E-state index contributed by atoms with van der Waals surface area (Å²) in [5.41, 5.74) is 6.41. The van der Waals surface area contributed by atoms with Crippen molar-refractivity contribution in [1.29, 1.82) is 0 Å². The van der Waals surface area contributed by atoms with Gasteiger partial charge in [-0.3, -0.25) is 4.79 Å². The van der Waals surface area contributed by atoms with Gasteiger partial charge in [0.25, 0.3) is 5.91 Å². The second-order valence-corrected chi connectivity index (χ2v) is 5.49. The SMILES string of the molecule is O=C(Nc1ccccc1)c1cccc2c1Cc1ccccc1-2. The van der Waals surface area contributed by atoms with Gasteiger partial charge in [-0.25, -0.2) is 0 Å². The monoisotopic (exact) mass is 285 g/mol. The Labute approximate surface area is 129 Å². The van der Waals surface area contributed by atoms with Crippen LogP contribution in [0.15, 0.2) is 72.8 Å². The largest absolute Gasteiger partial charge is 0.322 e. The van der Waals surface area contributed by atoms with Crippen LogP contribution in [0.4, 0.5) is 5.69 Å². The van der Waals surface area contributed by atoms with E-state index >= 15 is 0 Å². The molecule has 0 spiro atoms. The van der Waals surface area contributed by atoms with E-state index in [1.165, 1.54) is 16.7 Å². The first kappa shape index (κ1) is 12.8. The summed E-state index contributed by atoms with van der Waals surface area (Å²) in [5.74, 6) is -0.0455. The van der Waals surface area contributed by atoms with Crippen LogP contribution < -0.4 is 5.32 Å². The van der Waals surface area contributed by atoms with Gasteiger partial charge in [0, 0.05) is 11.3 Å². The number of hydrogen-bond donors (Lipinski definition) is 1. The number of para-hydroxylation sites is 1. The van der Waals surface area contributed by atoms with E-state index < -0.39 is 0 Å². The summed E-state index contributed by atoms with van der Waals surface area (Å²) in [6, 6.07) is 23.9. The first-order valence-corrected chi connectivity index (χ1v) is 7.39. The normalized spacial score (nSPS) is 11.6. The van der Waals surface area contributed by atoms with Crippen molar-refractivity contribution in [1.82, 2.24) is 0 Å². The van der Waals surface area contributed by atoms with Gasteiger partial charge in [0.2, 0.25) is 0 Å². The minimum atomic E-state index is -0.0455. The lowest BCUT2D eigenvalue weighted by atomic mass is 10.0. The highest BCUT2D eigenvalue weighted by Crippen LogP contribution is 2.38. The number of fused-ring (bicyclic) bond motifs is 3. The third kappa shape index (κ3) is 2.09. The Bertz CT molecular complexity index is 853. The Hall–Kier alpha value is -2.87. The minimum absolute atomic E-state index is 0.0455. The lowest BCUT2D eigenvalue weighted by Gasteiger charge is -2.09. The van der Waals surface area contributed by atoms with Crippen molar-refractivity contribution in [2.45, 2.75) is 6.42 Å². The molecule has 0 saturated heterocycles. The van der Waals surface area contributed by atoms with E-state index in [1.54, 1.807) is 0 Å². The average Bonchev–Trinajstić information content (AvgIpc) is 2.94. The highest BCUT2D eigenvalue weighted by atomic mass is 16.1. The van der Waals surface area contributed by atoms with Crippen molar-refractivity contribution < 1.29 is 4.79 Å². The molecule has 2 nitrogen and oxygen atoms in total. The van der Waals surface area contributed by atoms with Gasteiger partial charge >= 0.3 is 0 Å². The Balaban J connectivity index is 1.72. The van der Waals surface area contributed by atoms with E-state index in [4.69, 9.17) is 0 Å². The van der Waals surface area contributed by atoms with Gasteiger partial charge in [-0.05, 0) is 46.9 Å². The molecular formula is C20H15NO. The zero-order chi connectivity index (χ0) is 14.9. The Morgan fingerprint density at radius 1 is 0.773 bits per heavy atom. The van der Waals surface area contributed by atoms with Gasteiger partial charge < -0.3 is 5.32 Å². The highest BCUT2D eigenvalue weighted by Gasteiger charge is 2.23. The topological polar surface area (TPSA) is 29.1 Å². The van der Waals surface area contributed by atoms with E-state index in [0.29, 0.717) is 0 Å². The molecule has 0 atom stereocenters. The van der Waals surface area contributed by atoms with Crippen molar-refractivity contribution >= 4 is 11.6 Å². The molecule has 0 saturated carbocycles. The first-order chi connectivity index (χ1) is 10.8. The molecular weight excluding hydrogens is 270 g/mol. The second-order valence-electron chi connectivity index (χ2n) is 5.49. The van der Waals surface area contributed by atoms with Crippen LogP contribution in [-0.2, 0) is 6.42 Å². The fourth-order valence-corrected chi connectivity index (χ4v) is 3.09. The molecule has 0 radical (unpaired) electrons. The summed E-state index contributed by atoms with van der Waals surface area (Å²) in [6.07, 6.45) is 0.823. The van der Waals surface area contributed by atoms with Crippen LogP contribution in [-0.4, -0.2) is 5.91 Å². The number of amides is 1. The first-order valence-electron chi connectivity index (χ1n) is 7.39. The Kier molecular flexibility index (Phi) is 3.01. The van der Waals surface area contributed by atoms with E-state index in [-0.39, 0.29) is 5.91 Å². The van der Waals surface area contributed by atoms with Crippen molar-refractivity contribution in [2.24, 2.45) is 0 Å². The van der Waals surface area contributed by atoms with Gasteiger partial charge in [-0.1, -0.05) is 54.6 Å². The number of benzene rings is 3. The van der Waals surface area contributed by atoms with E-state index in [2.05, 4.69) is 29.6 Å². The van der Waals surface area contributed by atoms with Crippen molar-refractivity contribution in [3.05, 3.63) is 89.5 Å². The lowest BCUT2D eigenvalue weighted by molar-refractivity contribution is 0.102. The quantitative estimate of drug-likeness (QED) is 0.577. The molecule has 1 aliphatic rings. The number of carbonyl (C=O) groups is 1. The fourth-order valence-electron chi connectivity index (χ4n) is 3.09. The summed E-state index contributed by atoms with van der Waals surface area (Å²) < 4.78 is 0. The predicted molar refractivity (Wildman–Crippen MR) is 89.1 cm³/mol. The predicted octanol–water partition coefficient (Wildman–Crippen LogP) is 4.51. The van der Waals surface area contributed by atoms with Crippen molar-refractivity contribution in [3.63, 3.8) is 0 Å². The molecule has 2 heteroatoms. The van der Waals surface area contributed by atoms with Gasteiger partial charge in [-0.2, -0.15) is 0 Å². The Morgan fingerprint density at radius 2 is 1.50 bits per heavy atom. The molecule has 1 N–H and O–H groups in total. The lowest BCUT2D eigenvalue weighted by Crippen LogP contribution is -2.14. The van der Waals surface area contributed by atoms with E-state index in [1.807, 2.05) is 48.5 Å². The summed E-state index contributed by atoms with van der Waals surface area (Å²) in [4.78, 5) is 12.6. The molecule has 106 valence electrons. The van der Waals surface area contributed by atoms with Crippen LogP contribution in [0.3, 0.4) is 0 Å². The molecule has 3 aromatic rings. The third-order valence-electron chi connectivity index (χ3n) is 4.13. The van der Waals surface area contributed by atoms with Gasteiger partial charge in [0.1, 0.15) is 0 Å². The van der Waals surface area contributed by atoms with Crippen LogP contribution in [0.5, 0.6) is 0 Å².